The second kappa shape index (κ2) is 2.41. The highest BCUT2D eigenvalue weighted by molar-refractivity contribution is 6.20. The Kier molecular flexibility index (Phi) is 1.94. The second-order valence-electron chi connectivity index (χ2n) is 2.55. The van der Waals surface area contributed by atoms with E-state index >= 15 is 0 Å². The van der Waals surface area contributed by atoms with Crippen LogP contribution in [0.4, 0.5) is 8.78 Å². The molecule has 0 aromatic heterocycles. The maximum Gasteiger partial charge on any atom is 0.249 e. The molecule has 0 saturated heterocycles. The van der Waals surface area contributed by atoms with Gasteiger partial charge in [0.05, 0.1) is 0 Å². The maximum atomic E-state index is 12.4. The molecular formula is C6H9ClF2. The molecule has 0 amide bonds. The predicted molar refractivity (Wildman–Crippen MR) is 33.1 cm³/mol. The first-order valence-corrected chi connectivity index (χ1v) is 3.56. The zero-order valence-electron chi connectivity index (χ0n) is 5.04. The van der Waals surface area contributed by atoms with Crippen LogP contribution in [-0.4, -0.2) is 11.3 Å². The van der Waals surface area contributed by atoms with Gasteiger partial charge >= 0.3 is 0 Å². The van der Waals surface area contributed by atoms with Crippen LogP contribution in [0.5, 0.6) is 0 Å². The van der Waals surface area contributed by atoms with Crippen LogP contribution >= 0.6 is 11.6 Å². The number of hydrogen-bond acceptors (Lipinski definition) is 0. The molecule has 1 atom stereocenters. The van der Waals surface area contributed by atoms with Gasteiger partial charge in [-0.1, -0.05) is 0 Å². The summed E-state index contributed by atoms with van der Waals surface area (Å²) >= 11 is 5.52. The van der Waals surface area contributed by atoms with E-state index in [0.29, 0.717) is 6.42 Å². The van der Waals surface area contributed by atoms with Crippen LogP contribution in [-0.2, 0) is 0 Å². The van der Waals surface area contributed by atoms with Gasteiger partial charge in [0.2, 0.25) is 5.92 Å². The summed E-state index contributed by atoms with van der Waals surface area (Å²) < 4.78 is 24.7. The summed E-state index contributed by atoms with van der Waals surface area (Å²) in [5, 5.41) is -0.297. The van der Waals surface area contributed by atoms with Crippen LogP contribution in [0.15, 0.2) is 0 Å². The normalized spacial score (nSPS) is 34.3. The first-order chi connectivity index (χ1) is 4.10. The third kappa shape index (κ3) is 2.09. The van der Waals surface area contributed by atoms with Gasteiger partial charge in [0, 0.05) is 18.2 Å². The molecule has 1 unspecified atom stereocenters. The van der Waals surface area contributed by atoms with Crippen molar-refractivity contribution >= 4 is 11.6 Å². The van der Waals surface area contributed by atoms with Gasteiger partial charge in [-0.15, -0.1) is 11.6 Å². The fraction of sp³-hybridized carbons (Fsp3) is 1.00. The molecule has 1 rings (SSSR count). The molecule has 0 nitrogen and oxygen atoms in total. The minimum Gasteiger partial charge on any atom is -0.207 e. The first-order valence-electron chi connectivity index (χ1n) is 3.12. The van der Waals surface area contributed by atoms with Crippen LogP contribution < -0.4 is 0 Å². The molecule has 0 spiro atoms. The van der Waals surface area contributed by atoms with E-state index in [1.54, 1.807) is 0 Å². The second-order valence-corrected chi connectivity index (χ2v) is 3.17. The maximum absolute atomic E-state index is 12.4. The highest BCUT2D eigenvalue weighted by atomic mass is 35.5. The molecule has 1 saturated carbocycles. The number of halogens is 3. The average Bonchev–Trinajstić information content (AvgIpc) is 1.60. The van der Waals surface area contributed by atoms with E-state index in [2.05, 4.69) is 0 Å². The minimum atomic E-state index is -2.48. The molecule has 0 aromatic rings. The van der Waals surface area contributed by atoms with Gasteiger partial charge in [-0.3, -0.25) is 0 Å². The van der Waals surface area contributed by atoms with E-state index in [0.717, 1.165) is 6.42 Å². The SMILES string of the molecule is FC1(F)CCCC(Cl)C1. The Labute approximate surface area is 58.2 Å². The van der Waals surface area contributed by atoms with E-state index in [-0.39, 0.29) is 18.2 Å². The predicted octanol–water partition coefficient (Wildman–Crippen LogP) is 2.80. The van der Waals surface area contributed by atoms with Gasteiger partial charge in [0.15, 0.2) is 0 Å². The topological polar surface area (TPSA) is 0 Å². The van der Waals surface area contributed by atoms with Crippen LogP contribution in [0.3, 0.4) is 0 Å². The third-order valence-corrected chi connectivity index (χ3v) is 1.95. The summed E-state index contributed by atoms with van der Waals surface area (Å²) in [7, 11) is 0. The van der Waals surface area contributed by atoms with Gasteiger partial charge in [-0.05, 0) is 12.8 Å². The highest BCUT2D eigenvalue weighted by Crippen LogP contribution is 2.35. The van der Waals surface area contributed by atoms with E-state index in [4.69, 9.17) is 11.6 Å². The Bertz CT molecular complexity index is 103. The Morgan fingerprint density at radius 1 is 1.44 bits per heavy atom. The molecular weight excluding hydrogens is 146 g/mol. The molecule has 9 heavy (non-hydrogen) atoms. The Hall–Kier alpha value is 0.150. The summed E-state index contributed by atoms with van der Waals surface area (Å²) in [5.74, 6) is -2.48. The largest absolute Gasteiger partial charge is 0.249 e. The van der Waals surface area contributed by atoms with Gasteiger partial charge in [-0.25, -0.2) is 8.78 Å². The lowest BCUT2D eigenvalue weighted by molar-refractivity contribution is -0.0322. The fourth-order valence-corrected chi connectivity index (χ4v) is 1.49. The molecule has 0 aliphatic heterocycles. The highest BCUT2D eigenvalue weighted by Gasteiger charge is 2.35. The Balaban J connectivity index is 2.41. The van der Waals surface area contributed by atoms with Crippen molar-refractivity contribution in [3.05, 3.63) is 0 Å². The fourth-order valence-electron chi connectivity index (χ4n) is 1.11. The lowest BCUT2D eigenvalue weighted by atomic mass is 9.96. The first kappa shape index (κ1) is 7.26. The van der Waals surface area contributed by atoms with E-state index in [9.17, 15) is 8.78 Å². The van der Waals surface area contributed by atoms with Crippen molar-refractivity contribution in [2.75, 3.05) is 0 Å². The molecule has 1 aliphatic carbocycles. The lowest BCUT2D eigenvalue weighted by Gasteiger charge is -2.24. The van der Waals surface area contributed by atoms with Gasteiger partial charge in [0.25, 0.3) is 0 Å². The summed E-state index contributed by atoms with van der Waals surface area (Å²) in [6.07, 6.45) is 1.21. The quantitative estimate of drug-likeness (QED) is 0.471. The number of rotatable bonds is 0. The molecule has 1 aliphatic rings. The average molecular weight is 155 g/mol. The molecule has 3 heteroatoms. The summed E-state index contributed by atoms with van der Waals surface area (Å²) in [5.41, 5.74) is 0. The minimum absolute atomic E-state index is 0.0240. The summed E-state index contributed by atoms with van der Waals surface area (Å²) in [6, 6.07) is 0. The van der Waals surface area contributed by atoms with Crippen molar-refractivity contribution in [2.45, 2.75) is 37.0 Å². The zero-order valence-corrected chi connectivity index (χ0v) is 5.80. The molecule has 54 valence electrons. The molecule has 0 radical (unpaired) electrons. The van der Waals surface area contributed by atoms with Crippen molar-refractivity contribution in [3.63, 3.8) is 0 Å². The van der Waals surface area contributed by atoms with Crippen LogP contribution in [0.1, 0.15) is 25.7 Å². The molecule has 1 fully saturated rings. The smallest absolute Gasteiger partial charge is 0.207 e. The van der Waals surface area contributed by atoms with Crippen molar-refractivity contribution in [2.24, 2.45) is 0 Å². The van der Waals surface area contributed by atoms with Gasteiger partial charge in [-0.2, -0.15) is 0 Å². The van der Waals surface area contributed by atoms with Crippen LogP contribution in [0, 0.1) is 0 Å². The third-order valence-electron chi connectivity index (χ3n) is 1.58. The van der Waals surface area contributed by atoms with Crippen LogP contribution in [0.2, 0.25) is 0 Å². The van der Waals surface area contributed by atoms with Crippen molar-refractivity contribution in [3.8, 4) is 0 Å². The van der Waals surface area contributed by atoms with E-state index in [1.807, 2.05) is 0 Å². The van der Waals surface area contributed by atoms with E-state index < -0.39 is 5.92 Å². The van der Waals surface area contributed by atoms with Crippen LogP contribution in [0.25, 0.3) is 0 Å². The van der Waals surface area contributed by atoms with Crippen molar-refractivity contribution in [1.29, 1.82) is 0 Å². The molecule has 0 N–H and O–H groups in total. The molecule has 0 aromatic carbocycles. The summed E-state index contributed by atoms with van der Waals surface area (Å²) in [4.78, 5) is 0. The van der Waals surface area contributed by atoms with E-state index in [1.165, 1.54) is 0 Å². The summed E-state index contributed by atoms with van der Waals surface area (Å²) in [6.45, 7) is 0. The monoisotopic (exact) mass is 154 g/mol. The van der Waals surface area contributed by atoms with Gasteiger partial charge < -0.3 is 0 Å². The number of hydrogen-bond donors (Lipinski definition) is 0. The molecule has 0 heterocycles. The Morgan fingerprint density at radius 3 is 2.44 bits per heavy atom. The Morgan fingerprint density at radius 2 is 2.11 bits per heavy atom. The number of alkyl halides is 3. The lowest BCUT2D eigenvalue weighted by Crippen LogP contribution is -2.26. The zero-order chi connectivity index (χ0) is 6.91. The van der Waals surface area contributed by atoms with Gasteiger partial charge in [0.1, 0.15) is 0 Å². The standard InChI is InChI=1S/C6H9ClF2/c7-5-2-1-3-6(8,9)4-5/h5H,1-4H2. The van der Waals surface area contributed by atoms with Crippen molar-refractivity contribution < 1.29 is 8.78 Å². The van der Waals surface area contributed by atoms with Crippen molar-refractivity contribution in [1.82, 2.24) is 0 Å². The molecule has 0 bridgehead atoms.